The van der Waals surface area contributed by atoms with Crippen LogP contribution >= 0.6 is 0 Å². The fourth-order valence-electron chi connectivity index (χ4n) is 5.87. The van der Waals surface area contributed by atoms with Crippen molar-refractivity contribution >= 4 is 12.0 Å². The van der Waals surface area contributed by atoms with Gasteiger partial charge in [0, 0.05) is 6.08 Å². The predicted molar refractivity (Wildman–Crippen MR) is 174 cm³/mol. The molecule has 2 aromatic rings. The molecule has 2 aromatic carbocycles. The minimum absolute atomic E-state index is 0.136. The number of aliphatic hydroxyl groups excluding tert-OH is 6. The minimum atomic E-state index is -2.05. The highest BCUT2D eigenvalue weighted by Gasteiger charge is 2.54. The molecule has 0 bridgehead atoms. The first-order chi connectivity index (χ1) is 25.1. The third-order valence-corrected chi connectivity index (χ3v) is 9.09. The van der Waals surface area contributed by atoms with Crippen LogP contribution in [0, 0.1) is 0 Å². The molecule has 3 heterocycles. The number of rotatable bonds is 13. The maximum atomic E-state index is 13.2. The summed E-state index contributed by atoms with van der Waals surface area (Å²) in [6.45, 7) is -0.718. The predicted octanol–water partition coefficient (Wildman–Crippen LogP) is -2.55. The summed E-state index contributed by atoms with van der Waals surface area (Å²) in [4.78, 5) is 13.2. The molecule has 19 heteroatoms. The maximum Gasteiger partial charge on any atom is 0.331 e. The van der Waals surface area contributed by atoms with Gasteiger partial charge in [-0.2, -0.15) is 0 Å². The summed E-state index contributed by atoms with van der Waals surface area (Å²) < 4.78 is 40.0. The van der Waals surface area contributed by atoms with Crippen molar-refractivity contribution in [1.82, 2.24) is 0 Å². The molecule has 3 saturated heterocycles. The van der Waals surface area contributed by atoms with Crippen LogP contribution in [0.25, 0.3) is 6.08 Å². The summed E-state index contributed by atoms with van der Waals surface area (Å²) in [7, 11) is 0. The van der Waals surface area contributed by atoms with Crippen molar-refractivity contribution < 1.29 is 94.1 Å². The monoisotopic (exact) mass is 756 g/mol. The average Bonchev–Trinajstić information content (AvgIpc) is 3.42. The fraction of sp³-hybridized carbons (Fsp3) is 0.559. The summed E-state index contributed by atoms with van der Waals surface area (Å²) in [5, 5.41) is 112. The minimum Gasteiger partial charge on any atom is -0.504 e. The second-order valence-corrected chi connectivity index (χ2v) is 13.0. The van der Waals surface area contributed by atoms with Gasteiger partial charge in [0.2, 0.25) is 0 Å². The molecule has 0 radical (unpaired) electrons. The Morgan fingerprint density at radius 2 is 1.53 bits per heavy atom. The van der Waals surface area contributed by atoms with E-state index in [1.807, 2.05) is 0 Å². The molecule has 0 aromatic heterocycles. The number of esters is 1. The third kappa shape index (κ3) is 9.35. The molecule has 5 rings (SSSR count). The lowest BCUT2D eigenvalue weighted by Crippen LogP contribution is -2.65. The second kappa shape index (κ2) is 17.2. The van der Waals surface area contributed by atoms with Crippen LogP contribution in [0.15, 0.2) is 42.5 Å². The molecular formula is C34H44O19. The van der Waals surface area contributed by atoms with Gasteiger partial charge in [0.15, 0.2) is 48.0 Å². The normalized spacial score (nSPS) is 36.2. The number of hydrogen-bond donors (Lipinski definition) is 11. The number of benzene rings is 2. The zero-order valence-electron chi connectivity index (χ0n) is 28.3. The SMILES string of the molecule is C[C@@H]1O[C@@H](O[C@@H]2[C@@H](O)[C@H](OCCc3ccc(O)c(O)c3)O[C@H](CO[C@H]3OC[C@](O)(CO)[C@H]3O)[C@H]2OC(=O)/C=C/c2ccc(O)c(O)c2)[C@H](O)[C@H](O)[C@H]1O. The molecule has 0 saturated carbocycles. The van der Waals surface area contributed by atoms with Gasteiger partial charge in [-0.25, -0.2) is 4.79 Å². The number of carbonyl (C=O) groups excluding carboxylic acids is 1. The lowest BCUT2D eigenvalue weighted by atomic mass is 9.96. The van der Waals surface area contributed by atoms with E-state index < -0.39 is 117 Å². The van der Waals surface area contributed by atoms with Crippen molar-refractivity contribution in [2.45, 2.75) is 92.8 Å². The average molecular weight is 757 g/mol. The Kier molecular flexibility index (Phi) is 13.2. The molecule has 3 aliphatic heterocycles. The Morgan fingerprint density at radius 3 is 2.19 bits per heavy atom. The van der Waals surface area contributed by atoms with Crippen LogP contribution < -0.4 is 0 Å². The van der Waals surface area contributed by atoms with E-state index in [4.69, 9.17) is 33.2 Å². The van der Waals surface area contributed by atoms with Crippen molar-refractivity contribution in [3.05, 3.63) is 53.6 Å². The highest BCUT2D eigenvalue weighted by atomic mass is 16.8. The van der Waals surface area contributed by atoms with Crippen LogP contribution in [0.5, 0.6) is 23.0 Å². The second-order valence-electron chi connectivity index (χ2n) is 13.0. The van der Waals surface area contributed by atoms with Gasteiger partial charge in [-0.05, 0) is 54.8 Å². The highest BCUT2D eigenvalue weighted by Crippen LogP contribution is 2.34. The standard InChI is InChI=1S/C34H44O19/c1-15-24(41)25(42)26(43)32(50-15)53-29-27(44)31(47-9-8-17-3-6-19(37)21(39)11-17)51-22(12-48-33-30(45)34(46,13-35)14-49-33)28(29)52-23(40)7-4-16-2-5-18(36)20(38)10-16/h2-7,10-11,15,22,24-33,35-39,41-46H,8-9,12-14H2,1H3/b7-4+/t15-,22+,24-,25+,26+,27+,28+,29+,30-,31+,32-,33-,34+/m0/s1. The van der Waals surface area contributed by atoms with E-state index in [1.54, 1.807) is 0 Å². The Morgan fingerprint density at radius 1 is 0.830 bits per heavy atom. The maximum absolute atomic E-state index is 13.2. The van der Waals surface area contributed by atoms with Crippen molar-refractivity contribution in [1.29, 1.82) is 0 Å². The molecule has 0 aliphatic carbocycles. The van der Waals surface area contributed by atoms with Crippen molar-refractivity contribution in [2.75, 3.05) is 26.4 Å². The first-order valence-electron chi connectivity index (χ1n) is 16.6. The van der Waals surface area contributed by atoms with Crippen molar-refractivity contribution in [2.24, 2.45) is 0 Å². The van der Waals surface area contributed by atoms with Gasteiger partial charge in [-0.1, -0.05) is 12.1 Å². The molecule has 53 heavy (non-hydrogen) atoms. The molecule has 19 nitrogen and oxygen atoms in total. The van der Waals surface area contributed by atoms with Crippen LogP contribution in [0.4, 0.5) is 0 Å². The topological polar surface area (TPSA) is 304 Å². The first kappa shape index (κ1) is 40.5. The molecule has 3 fully saturated rings. The van der Waals surface area contributed by atoms with E-state index in [9.17, 15) is 61.0 Å². The van der Waals surface area contributed by atoms with Crippen molar-refractivity contribution in [3.63, 3.8) is 0 Å². The number of ether oxygens (including phenoxy) is 7. The smallest absolute Gasteiger partial charge is 0.331 e. The number of phenols is 4. The van der Waals surface area contributed by atoms with Gasteiger partial charge < -0.3 is 89.3 Å². The molecule has 294 valence electrons. The Labute approximate surface area is 302 Å². The number of phenolic OH excluding ortho intramolecular Hbond substituents is 4. The van der Waals surface area contributed by atoms with Crippen LogP contribution in [-0.2, 0) is 44.4 Å². The molecule has 0 amide bonds. The van der Waals surface area contributed by atoms with E-state index in [2.05, 4.69) is 0 Å². The largest absolute Gasteiger partial charge is 0.504 e. The van der Waals surface area contributed by atoms with Crippen LogP contribution in [0.3, 0.4) is 0 Å². The molecular weight excluding hydrogens is 712 g/mol. The van der Waals surface area contributed by atoms with Gasteiger partial charge in [0.25, 0.3) is 0 Å². The summed E-state index contributed by atoms with van der Waals surface area (Å²) in [5.74, 6) is -2.62. The number of aromatic hydroxyl groups is 4. The zero-order valence-corrected chi connectivity index (χ0v) is 28.3. The molecule has 11 N–H and O–H groups in total. The molecule has 13 atom stereocenters. The zero-order chi connectivity index (χ0) is 38.6. The van der Waals surface area contributed by atoms with Crippen LogP contribution in [-0.4, -0.2) is 168 Å². The number of aliphatic hydroxyl groups is 7. The fourth-order valence-corrected chi connectivity index (χ4v) is 5.87. The Bertz CT molecular complexity index is 1570. The molecule has 3 aliphatic rings. The van der Waals surface area contributed by atoms with Gasteiger partial charge >= 0.3 is 5.97 Å². The van der Waals surface area contributed by atoms with Gasteiger partial charge in [0.1, 0.15) is 48.3 Å². The molecule has 0 spiro atoms. The van der Waals surface area contributed by atoms with Crippen molar-refractivity contribution in [3.8, 4) is 23.0 Å². The van der Waals surface area contributed by atoms with E-state index >= 15 is 0 Å². The quantitative estimate of drug-likeness (QED) is 0.0569. The number of carbonyl (C=O) groups is 1. The summed E-state index contributed by atoms with van der Waals surface area (Å²) in [5.41, 5.74) is -1.24. The van der Waals surface area contributed by atoms with Gasteiger partial charge in [-0.15, -0.1) is 0 Å². The summed E-state index contributed by atoms with van der Waals surface area (Å²) >= 11 is 0. The Hall–Kier alpha value is -3.67. The Balaban J connectivity index is 1.42. The van der Waals surface area contributed by atoms with E-state index in [-0.39, 0.29) is 30.1 Å². The van der Waals surface area contributed by atoms with Gasteiger partial charge in [-0.3, -0.25) is 0 Å². The lowest BCUT2D eigenvalue weighted by molar-refractivity contribution is -0.360. The van der Waals surface area contributed by atoms with E-state index in [0.717, 1.165) is 6.08 Å². The summed E-state index contributed by atoms with van der Waals surface area (Å²) in [6, 6.07) is 7.83. The highest BCUT2D eigenvalue weighted by molar-refractivity contribution is 5.87. The lowest BCUT2D eigenvalue weighted by Gasteiger charge is -2.46. The van der Waals surface area contributed by atoms with Crippen LogP contribution in [0.2, 0.25) is 0 Å². The van der Waals surface area contributed by atoms with E-state index in [1.165, 1.54) is 49.4 Å². The third-order valence-electron chi connectivity index (χ3n) is 9.09. The van der Waals surface area contributed by atoms with Gasteiger partial charge in [0.05, 0.1) is 32.5 Å². The number of hydrogen-bond acceptors (Lipinski definition) is 19. The van der Waals surface area contributed by atoms with E-state index in [0.29, 0.717) is 5.56 Å². The first-order valence-corrected chi connectivity index (χ1v) is 16.6. The summed E-state index contributed by atoms with van der Waals surface area (Å²) in [6.07, 6.45) is -17.0. The van der Waals surface area contributed by atoms with Crippen LogP contribution in [0.1, 0.15) is 18.1 Å². The molecule has 0 unspecified atom stereocenters.